The molecule has 1 heterocycles. The van der Waals surface area contributed by atoms with Crippen LogP contribution in [-0.4, -0.2) is 11.8 Å². The summed E-state index contributed by atoms with van der Waals surface area (Å²) in [7, 11) is 0. The second-order valence-corrected chi connectivity index (χ2v) is 4.33. The molecule has 12 heavy (non-hydrogen) atoms. The van der Waals surface area contributed by atoms with Crippen LogP contribution in [0.2, 0.25) is 0 Å². The van der Waals surface area contributed by atoms with Crippen molar-refractivity contribution in [3.63, 3.8) is 0 Å². The molecule has 0 amide bonds. The molecule has 1 fully saturated rings. The minimum absolute atomic E-state index is 0.515. The molecule has 1 aliphatic rings. The molecule has 0 saturated carbocycles. The quantitative estimate of drug-likeness (QED) is 0.710. The number of thioether (sulfide) groups is 1. The minimum atomic E-state index is 0.515. The van der Waals surface area contributed by atoms with Crippen molar-refractivity contribution in [3.05, 3.63) is 35.9 Å². The summed E-state index contributed by atoms with van der Waals surface area (Å²) in [6.07, 6.45) is 0. The van der Waals surface area contributed by atoms with Gasteiger partial charge in [-0.15, -0.1) is 11.8 Å². The molecule has 2 atom stereocenters. The fraction of sp³-hybridized carbons (Fsp3) is 0.400. The first-order valence-electron chi connectivity index (χ1n) is 4.29. The van der Waals surface area contributed by atoms with Gasteiger partial charge >= 0.3 is 0 Å². The van der Waals surface area contributed by atoms with Gasteiger partial charge in [0.1, 0.15) is 0 Å². The predicted molar refractivity (Wildman–Crippen MR) is 54.2 cm³/mol. The third-order valence-corrected chi connectivity index (χ3v) is 3.49. The highest BCUT2D eigenvalue weighted by Gasteiger charge is 2.21. The monoisotopic (exact) mass is 179 g/mol. The molecule has 1 aliphatic heterocycles. The molecule has 0 bridgehead atoms. The molecule has 64 valence electrons. The van der Waals surface area contributed by atoms with Crippen LogP contribution in [0.25, 0.3) is 0 Å². The highest BCUT2D eigenvalue weighted by Crippen LogP contribution is 2.31. The fourth-order valence-electron chi connectivity index (χ4n) is 1.42. The van der Waals surface area contributed by atoms with Crippen molar-refractivity contribution in [1.29, 1.82) is 0 Å². The van der Waals surface area contributed by atoms with E-state index in [0.717, 1.165) is 0 Å². The number of hydrogen-bond donors (Lipinski definition) is 1. The van der Waals surface area contributed by atoms with Crippen LogP contribution in [0.15, 0.2) is 30.3 Å². The molecule has 1 saturated heterocycles. The SMILES string of the molecule is C[C@@H]1CSC(c2ccccc2)N1. The van der Waals surface area contributed by atoms with Crippen LogP contribution >= 0.6 is 11.8 Å². The van der Waals surface area contributed by atoms with Crippen LogP contribution in [0.5, 0.6) is 0 Å². The summed E-state index contributed by atoms with van der Waals surface area (Å²) < 4.78 is 0. The average Bonchev–Trinajstić information content (AvgIpc) is 2.54. The number of hydrogen-bond acceptors (Lipinski definition) is 2. The van der Waals surface area contributed by atoms with Gasteiger partial charge in [0, 0.05) is 11.8 Å². The van der Waals surface area contributed by atoms with Crippen molar-refractivity contribution in [2.45, 2.75) is 18.3 Å². The topological polar surface area (TPSA) is 12.0 Å². The molecule has 0 radical (unpaired) electrons. The highest BCUT2D eigenvalue weighted by molar-refractivity contribution is 7.99. The summed E-state index contributed by atoms with van der Waals surface area (Å²) in [4.78, 5) is 0. The zero-order valence-electron chi connectivity index (χ0n) is 7.16. The van der Waals surface area contributed by atoms with Gasteiger partial charge in [0.25, 0.3) is 0 Å². The Morgan fingerprint density at radius 2 is 2.08 bits per heavy atom. The number of benzene rings is 1. The molecule has 1 unspecified atom stereocenters. The molecule has 2 rings (SSSR count). The van der Waals surface area contributed by atoms with E-state index in [0.29, 0.717) is 11.4 Å². The van der Waals surface area contributed by atoms with Crippen LogP contribution in [0.1, 0.15) is 17.9 Å². The molecular weight excluding hydrogens is 166 g/mol. The van der Waals surface area contributed by atoms with Crippen LogP contribution in [-0.2, 0) is 0 Å². The maximum atomic E-state index is 3.53. The molecule has 1 nitrogen and oxygen atoms in total. The van der Waals surface area contributed by atoms with Gasteiger partial charge in [-0.1, -0.05) is 30.3 Å². The van der Waals surface area contributed by atoms with Crippen molar-refractivity contribution in [2.75, 3.05) is 5.75 Å². The Labute approximate surface area is 77.6 Å². The van der Waals surface area contributed by atoms with Gasteiger partial charge in [0.2, 0.25) is 0 Å². The minimum Gasteiger partial charge on any atom is -0.298 e. The Morgan fingerprint density at radius 1 is 1.33 bits per heavy atom. The van der Waals surface area contributed by atoms with Crippen molar-refractivity contribution >= 4 is 11.8 Å². The zero-order valence-corrected chi connectivity index (χ0v) is 7.97. The Kier molecular flexibility index (Phi) is 2.38. The van der Waals surface area contributed by atoms with E-state index >= 15 is 0 Å². The fourth-order valence-corrected chi connectivity index (χ4v) is 2.67. The largest absolute Gasteiger partial charge is 0.298 e. The first kappa shape index (κ1) is 8.14. The van der Waals surface area contributed by atoms with Crippen molar-refractivity contribution in [1.82, 2.24) is 5.32 Å². The van der Waals surface area contributed by atoms with E-state index in [-0.39, 0.29) is 0 Å². The third kappa shape index (κ3) is 1.65. The van der Waals surface area contributed by atoms with Gasteiger partial charge in [-0.2, -0.15) is 0 Å². The molecule has 0 spiro atoms. The summed E-state index contributed by atoms with van der Waals surface area (Å²) in [5.74, 6) is 1.22. The summed E-state index contributed by atoms with van der Waals surface area (Å²) in [6.45, 7) is 2.23. The van der Waals surface area contributed by atoms with Crippen LogP contribution in [0, 0.1) is 0 Å². The maximum Gasteiger partial charge on any atom is 0.0792 e. The van der Waals surface area contributed by atoms with Gasteiger partial charge in [-0.3, -0.25) is 5.32 Å². The van der Waals surface area contributed by atoms with Crippen molar-refractivity contribution < 1.29 is 0 Å². The van der Waals surface area contributed by atoms with Gasteiger partial charge in [0.05, 0.1) is 5.37 Å². The summed E-state index contributed by atoms with van der Waals surface area (Å²) >= 11 is 1.99. The highest BCUT2D eigenvalue weighted by atomic mass is 32.2. The molecule has 2 heteroatoms. The first-order valence-corrected chi connectivity index (χ1v) is 5.34. The second-order valence-electron chi connectivity index (χ2n) is 3.19. The predicted octanol–water partition coefficient (Wildman–Crippen LogP) is 2.41. The smallest absolute Gasteiger partial charge is 0.0792 e. The molecule has 0 aromatic heterocycles. The lowest BCUT2D eigenvalue weighted by molar-refractivity contribution is 0.618. The molecule has 1 aromatic carbocycles. The Bertz CT molecular complexity index is 247. The second kappa shape index (κ2) is 3.50. The third-order valence-electron chi connectivity index (χ3n) is 2.05. The molecule has 1 N–H and O–H groups in total. The molecule has 1 aromatic rings. The lowest BCUT2D eigenvalue weighted by Crippen LogP contribution is -2.21. The lowest BCUT2D eigenvalue weighted by atomic mass is 10.2. The molecule has 0 aliphatic carbocycles. The van der Waals surface area contributed by atoms with Gasteiger partial charge in [0.15, 0.2) is 0 Å². The van der Waals surface area contributed by atoms with Gasteiger partial charge in [-0.05, 0) is 12.5 Å². The van der Waals surface area contributed by atoms with Gasteiger partial charge in [-0.25, -0.2) is 0 Å². The zero-order chi connectivity index (χ0) is 8.39. The van der Waals surface area contributed by atoms with Crippen molar-refractivity contribution in [3.8, 4) is 0 Å². The van der Waals surface area contributed by atoms with Crippen LogP contribution in [0.3, 0.4) is 0 Å². The van der Waals surface area contributed by atoms with E-state index in [1.54, 1.807) is 0 Å². The van der Waals surface area contributed by atoms with E-state index in [1.807, 2.05) is 11.8 Å². The number of nitrogens with one attached hydrogen (secondary N) is 1. The average molecular weight is 179 g/mol. The van der Waals surface area contributed by atoms with E-state index in [2.05, 4.69) is 42.6 Å². The molecular formula is C10H13NS. The van der Waals surface area contributed by atoms with E-state index in [4.69, 9.17) is 0 Å². The maximum absolute atomic E-state index is 3.53. The van der Waals surface area contributed by atoms with Crippen LogP contribution < -0.4 is 5.32 Å². The van der Waals surface area contributed by atoms with Gasteiger partial charge < -0.3 is 0 Å². The standard InChI is InChI=1S/C10H13NS/c1-8-7-12-10(11-8)9-5-3-2-4-6-9/h2-6,8,10-11H,7H2,1H3/t8-,10?/m1/s1. The van der Waals surface area contributed by atoms with E-state index < -0.39 is 0 Å². The number of rotatable bonds is 1. The first-order chi connectivity index (χ1) is 5.86. The normalized spacial score (nSPS) is 29.1. The van der Waals surface area contributed by atoms with E-state index in [9.17, 15) is 0 Å². The Morgan fingerprint density at radius 3 is 2.67 bits per heavy atom. The lowest BCUT2D eigenvalue weighted by Gasteiger charge is -2.10. The Balaban J connectivity index is 2.11. The van der Waals surface area contributed by atoms with Crippen LogP contribution in [0.4, 0.5) is 0 Å². The van der Waals surface area contributed by atoms with Crippen molar-refractivity contribution in [2.24, 2.45) is 0 Å². The Hall–Kier alpha value is -0.470. The summed E-state index contributed by atoms with van der Waals surface area (Å²) in [5, 5.41) is 4.05. The van der Waals surface area contributed by atoms with E-state index in [1.165, 1.54) is 11.3 Å². The summed E-state index contributed by atoms with van der Waals surface area (Å²) in [6, 6.07) is 11.3. The summed E-state index contributed by atoms with van der Waals surface area (Å²) in [5.41, 5.74) is 1.40.